The van der Waals surface area contributed by atoms with Crippen LogP contribution in [0.4, 0.5) is 31.1 Å². The lowest BCUT2D eigenvalue weighted by molar-refractivity contribution is -0.149. The van der Waals surface area contributed by atoms with E-state index in [0.717, 1.165) is 36.4 Å². The molecule has 0 saturated carbocycles. The minimum Gasteiger partial charge on any atom is -0.274 e. The van der Waals surface area contributed by atoms with Crippen LogP contribution in [0.25, 0.3) is 0 Å². The molecule has 0 atom stereocenters. The molecule has 3 rings (SSSR count). The Bertz CT molecular complexity index is 1050. The van der Waals surface area contributed by atoms with Crippen LogP contribution < -0.4 is 0 Å². The standard InChI is InChI=1S/C22H16Cl2F6N2O3/c23-14-1-12(3-16(25)5-14)8-21(27,28)10-31-18(33)7-19(34)32(20(31)35)11-22(29,30)9-13-2-15(24)6-17(26)4-13/h1-6H,7-11H2. The molecule has 0 aromatic heterocycles. The molecule has 2 aromatic carbocycles. The van der Waals surface area contributed by atoms with E-state index in [9.17, 15) is 40.7 Å². The fraction of sp³-hybridized carbons (Fsp3) is 0.318. The third-order valence-electron chi connectivity index (χ3n) is 4.92. The molecular weight excluding hydrogens is 525 g/mol. The summed E-state index contributed by atoms with van der Waals surface area (Å²) in [7, 11) is 0. The zero-order chi connectivity index (χ0) is 26.1. The van der Waals surface area contributed by atoms with Crippen molar-refractivity contribution in [3.05, 3.63) is 69.2 Å². The lowest BCUT2D eigenvalue weighted by Gasteiger charge is -2.36. The van der Waals surface area contributed by atoms with Crippen LogP contribution in [0.15, 0.2) is 36.4 Å². The summed E-state index contributed by atoms with van der Waals surface area (Å²) in [4.78, 5) is 36.9. The summed E-state index contributed by atoms with van der Waals surface area (Å²) < 4.78 is 85.4. The highest BCUT2D eigenvalue weighted by molar-refractivity contribution is 6.30. The van der Waals surface area contributed by atoms with E-state index in [4.69, 9.17) is 23.2 Å². The van der Waals surface area contributed by atoms with Gasteiger partial charge in [-0.2, -0.15) is 0 Å². The highest BCUT2D eigenvalue weighted by atomic mass is 35.5. The summed E-state index contributed by atoms with van der Waals surface area (Å²) in [6.07, 6.45) is -3.33. The molecule has 1 saturated heterocycles. The summed E-state index contributed by atoms with van der Waals surface area (Å²) in [5, 5.41) is -0.306. The summed E-state index contributed by atoms with van der Waals surface area (Å²) in [6.45, 7) is -3.07. The first-order valence-electron chi connectivity index (χ1n) is 9.94. The second-order valence-corrected chi connectivity index (χ2v) is 8.91. The van der Waals surface area contributed by atoms with Crippen molar-refractivity contribution < 1.29 is 40.7 Å². The maximum absolute atomic E-state index is 14.6. The number of hydrogen-bond acceptors (Lipinski definition) is 3. The molecule has 35 heavy (non-hydrogen) atoms. The maximum Gasteiger partial charge on any atom is 0.333 e. The first-order chi connectivity index (χ1) is 16.1. The van der Waals surface area contributed by atoms with Gasteiger partial charge in [0, 0.05) is 22.9 Å². The van der Waals surface area contributed by atoms with E-state index in [2.05, 4.69) is 0 Å². The van der Waals surface area contributed by atoms with Crippen LogP contribution in [0.3, 0.4) is 0 Å². The maximum atomic E-state index is 14.6. The minimum atomic E-state index is -3.80. The van der Waals surface area contributed by atoms with Crippen molar-refractivity contribution in [2.75, 3.05) is 13.1 Å². The van der Waals surface area contributed by atoms with Crippen LogP contribution >= 0.6 is 23.2 Å². The number of imide groups is 2. The van der Waals surface area contributed by atoms with Crippen LogP contribution in [-0.2, 0) is 22.4 Å². The predicted octanol–water partition coefficient (Wildman–Crippen LogP) is 5.51. The molecule has 2 aromatic rings. The van der Waals surface area contributed by atoms with Gasteiger partial charge in [-0.3, -0.25) is 19.4 Å². The van der Waals surface area contributed by atoms with Gasteiger partial charge in [-0.1, -0.05) is 23.2 Å². The monoisotopic (exact) mass is 540 g/mol. The Labute approximate surface area is 205 Å². The van der Waals surface area contributed by atoms with E-state index in [1.54, 1.807) is 0 Å². The predicted molar refractivity (Wildman–Crippen MR) is 114 cm³/mol. The van der Waals surface area contributed by atoms with E-state index in [-0.39, 0.29) is 31.0 Å². The van der Waals surface area contributed by atoms with Crippen LogP contribution in [0.1, 0.15) is 17.5 Å². The topological polar surface area (TPSA) is 57.7 Å². The first kappa shape index (κ1) is 26.8. The van der Waals surface area contributed by atoms with E-state index in [0.29, 0.717) is 0 Å². The fourth-order valence-corrected chi connectivity index (χ4v) is 4.08. The molecule has 5 nitrogen and oxygen atoms in total. The Morgan fingerprint density at radius 2 is 1.06 bits per heavy atom. The smallest absolute Gasteiger partial charge is 0.274 e. The number of carbonyl (C=O) groups is 3. The molecule has 13 heteroatoms. The van der Waals surface area contributed by atoms with E-state index in [1.807, 2.05) is 0 Å². The number of rotatable bonds is 8. The van der Waals surface area contributed by atoms with Crippen LogP contribution in [0.2, 0.25) is 10.0 Å². The van der Waals surface area contributed by atoms with Crippen LogP contribution in [-0.4, -0.2) is 52.6 Å². The number of halogens is 8. The SMILES string of the molecule is O=C1CC(=O)N(CC(F)(F)Cc2cc(F)cc(Cl)c2)C(=O)N1CC(F)(F)Cc1cc(F)cc(Cl)c1. The lowest BCUT2D eigenvalue weighted by Crippen LogP contribution is -2.60. The molecular formula is C22H16Cl2F6N2O3. The highest BCUT2D eigenvalue weighted by Crippen LogP contribution is 2.29. The number of amides is 4. The van der Waals surface area contributed by atoms with E-state index >= 15 is 0 Å². The van der Waals surface area contributed by atoms with Crippen molar-refractivity contribution >= 4 is 41.0 Å². The van der Waals surface area contributed by atoms with E-state index < -0.39 is 73.7 Å². The molecule has 0 aliphatic carbocycles. The Morgan fingerprint density at radius 3 is 1.40 bits per heavy atom. The van der Waals surface area contributed by atoms with Crippen molar-refractivity contribution in [3.63, 3.8) is 0 Å². The second kappa shape index (κ2) is 10.1. The van der Waals surface area contributed by atoms with Gasteiger partial charge in [-0.05, 0) is 47.5 Å². The molecule has 1 aliphatic rings. The van der Waals surface area contributed by atoms with Gasteiger partial charge < -0.3 is 0 Å². The van der Waals surface area contributed by atoms with Gasteiger partial charge in [-0.25, -0.2) is 31.1 Å². The van der Waals surface area contributed by atoms with Crippen molar-refractivity contribution in [2.45, 2.75) is 31.1 Å². The summed E-state index contributed by atoms with van der Waals surface area (Å²) in [5.41, 5.74) is -0.463. The summed E-state index contributed by atoms with van der Waals surface area (Å²) in [5.74, 6) is -12.0. The number of alkyl halides is 4. The molecule has 0 spiro atoms. The summed E-state index contributed by atoms with van der Waals surface area (Å²) in [6, 6.07) is 3.83. The Balaban J connectivity index is 1.75. The number of urea groups is 1. The van der Waals surface area contributed by atoms with Crippen LogP contribution in [0, 0.1) is 11.6 Å². The van der Waals surface area contributed by atoms with Crippen molar-refractivity contribution in [3.8, 4) is 0 Å². The largest absolute Gasteiger partial charge is 0.333 e. The zero-order valence-corrected chi connectivity index (χ0v) is 19.2. The molecule has 0 bridgehead atoms. The van der Waals surface area contributed by atoms with Gasteiger partial charge >= 0.3 is 6.03 Å². The molecule has 4 amide bonds. The average Bonchev–Trinajstić information content (AvgIpc) is 2.66. The van der Waals surface area contributed by atoms with E-state index in [1.165, 1.54) is 0 Å². The van der Waals surface area contributed by atoms with Gasteiger partial charge in [0.25, 0.3) is 11.8 Å². The number of benzene rings is 2. The van der Waals surface area contributed by atoms with Crippen LogP contribution in [0.5, 0.6) is 0 Å². The third kappa shape index (κ3) is 7.11. The summed E-state index contributed by atoms with van der Waals surface area (Å²) >= 11 is 11.3. The van der Waals surface area contributed by atoms with Crippen molar-refractivity contribution in [1.29, 1.82) is 0 Å². The van der Waals surface area contributed by atoms with Gasteiger partial charge in [-0.15, -0.1) is 0 Å². The van der Waals surface area contributed by atoms with Gasteiger partial charge in [0.15, 0.2) is 0 Å². The van der Waals surface area contributed by atoms with Gasteiger partial charge in [0.1, 0.15) is 18.1 Å². The Hall–Kier alpha value is -2.79. The number of carbonyl (C=O) groups excluding carboxylic acids is 3. The lowest BCUT2D eigenvalue weighted by atomic mass is 10.0. The van der Waals surface area contributed by atoms with Crippen molar-refractivity contribution in [2.24, 2.45) is 0 Å². The number of barbiturate groups is 1. The second-order valence-electron chi connectivity index (χ2n) is 8.04. The number of nitrogens with zero attached hydrogens (tertiary/aromatic N) is 2. The molecule has 1 aliphatic heterocycles. The Kier molecular flexibility index (Phi) is 7.71. The molecule has 1 heterocycles. The minimum absolute atomic E-state index is 0.00254. The average molecular weight is 541 g/mol. The third-order valence-corrected chi connectivity index (χ3v) is 5.35. The van der Waals surface area contributed by atoms with Crippen molar-refractivity contribution in [1.82, 2.24) is 9.80 Å². The molecule has 188 valence electrons. The van der Waals surface area contributed by atoms with Gasteiger partial charge in [0.05, 0.1) is 13.1 Å². The first-order valence-corrected chi connectivity index (χ1v) is 10.7. The molecule has 0 radical (unpaired) electrons. The quantitative estimate of drug-likeness (QED) is 0.328. The fourth-order valence-electron chi connectivity index (χ4n) is 3.59. The zero-order valence-electron chi connectivity index (χ0n) is 17.6. The molecule has 0 N–H and O–H groups in total. The number of hydrogen-bond donors (Lipinski definition) is 0. The molecule has 0 unspecified atom stereocenters. The Morgan fingerprint density at radius 1 is 0.686 bits per heavy atom. The molecule has 1 fully saturated rings. The highest BCUT2D eigenvalue weighted by Gasteiger charge is 2.46. The normalized spacial score (nSPS) is 15.3. The van der Waals surface area contributed by atoms with Gasteiger partial charge in [0.2, 0.25) is 11.8 Å².